The van der Waals surface area contributed by atoms with Crippen molar-refractivity contribution in [2.75, 3.05) is 17.7 Å². The molecule has 0 aliphatic heterocycles. The molecule has 7 heteroatoms. The second-order valence-electron chi connectivity index (χ2n) is 4.91. The van der Waals surface area contributed by atoms with Gasteiger partial charge in [0.25, 0.3) is 0 Å². The van der Waals surface area contributed by atoms with Gasteiger partial charge in [-0.25, -0.2) is 4.98 Å². The molecule has 0 atom stereocenters. The Hall–Kier alpha value is -3.40. The van der Waals surface area contributed by atoms with Crippen LogP contribution in [0.1, 0.15) is 17.1 Å². The Morgan fingerprint density at radius 2 is 1.79 bits per heavy atom. The number of furan rings is 2. The van der Waals surface area contributed by atoms with E-state index in [0.717, 1.165) is 11.5 Å². The van der Waals surface area contributed by atoms with E-state index in [1.54, 1.807) is 24.7 Å². The lowest BCUT2D eigenvalue weighted by molar-refractivity contribution is 0.413. The quantitative estimate of drug-likeness (QED) is 0.687. The zero-order valence-corrected chi connectivity index (χ0v) is 13.1. The summed E-state index contributed by atoms with van der Waals surface area (Å²) in [7, 11) is 1.52. The minimum Gasteiger partial charge on any atom is -0.495 e. The number of pyridine rings is 1. The molecule has 3 heterocycles. The molecule has 0 spiro atoms. The average Bonchev–Trinajstić information content (AvgIpc) is 3.30. The number of nitrogens with one attached hydrogen (secondary N) is 2. The molecule has 0 radical (unpaired) electrons. The number of anilines is 2. The maximum atomic E-state index is 9.39. The highest BCUT2D eigenvalue weighted by Crippen LogP contribution is 2.28. The highest BCUT2D eigenvalue weighted by atomic mass is 16.5. The largest absolute Gasteiger partial charge is 0.495 e. The first-order chi connectivity index (χ1) is 11.8. The molecule has 0 saturated carbocycles. The van der Waals surface area contributed by atoms with Crippen LogP contribution in [0.2, 0.25) is 0 Å². The van der Waals surface area contributed by atoms with Crippen molar-refractivity contribution in [3.8, 4) is 11.8 Å². The molecule has 0 bridgehead atoms. The van der Waals surface area contributed by atoms with Crippen LogP contribution in [0.15, 0.2) is 51.7 Å². The Labute approximate surface area is 138 Å². The Balaban J connectivity index is 1.81. The van der Waals surface area contributed by atoms with Crippen LogP contribution in [0, 0.1) is 11.3 Å². The van der Waals surface area contributed by atoms with Gasteiger partial charge < -0.3 is 24.2 Å². The van der Waals surface area contributed by atoms with Gasteiger partial charge in [-0.1, -0.05) is 0 Å². The second kappa shape index (κ2) is 7.24. The molecular weight excluding hydrogens is 308 g/mol. The smallest absolute Gasteiger partial charge is 0.150 e. The van der Waals surface area contributed by atoms with Crippen molar-refractivity contribution >= 4 is 11.6 Å². The predicted octanol–water partition coefficient (Wildman–Crippen LogP) is 3.37. The zero-order chi connectivity index (χ0) is 16.8. The van der Waals surface area contributed by atoms with Crippen LogP contribution in [0.25, 0.3) is 0 Å². The van der Waals surface area contributed by atoms with Crippen LogP contribution in [0.3, 0.4) is 0 Å². The zero-order valence-electron chi connectivity index (χ0n) is 13.1. The minimum atomic E-state index is 0.340. The van der Waals surface area contributed by atoms with Crippen molar-refractivity contribution in [2.45, 2.75) is 13.1 Å². The van der Waals surface area contributed by atoms with E-state index in [1.165, 1.54) is 7.11 Å². The summed E-state index contributed by atoms with van der Waals surface area (Å²) in [6.07, 6.45) is 3.21. The fourth-order valence-corrected chi connectivity index (χ4v) is 2.18. The third kappa shape index (κ3) is 3.50. The molecule has 3 aromatic heterocycles. The van der Waals surface area contributed by atoms with Crippen LogP contribution >= 0.6 is 0 Å². The van der Waals surface area contributed by atoms with E-state index < -0.39 is 0 Å². The molecule has 7 nitrogen and oxygen atoms in total. The molecule has 122 valence electrons. The van der Waals surface area contributed by atoms with E-state index in [0.29, 0.717) is 36.0 Å². The predicted molar refractivity (Wildman–Crippen MR) is 87.6 cm³/mol. The molecule has 0 saturated heterocycles. The molecule has 0 aliphatic rings. The third-order valence-electron chi connectivity index (χ3n) is 3.35. The van der Waals surface area contributed by atoms with Gasteiger partial charge in [-0.2, -0.15) is 5.26 Å². The van der Waals surface area contributed by atoms with Crippen LogP contribution in [-0.2, 0) is 13.1 Å². The van der Waals surface area contributed by atoms with Crippen molar-refractivity contribution in [1.29, 1.82) is 5.26 Å². The normalized spacial score (nSPS) is 10.2. The third-order valence-corrected chi connectivity index (χ3v) is 3.35. The van der Waals surface area contributed by atoms with Gasteiger partial charge in [0.05, 0.1) is 32.7 Å². The highest BCUT2D eigenvalue weighted by Gasteiger charge is 2.14. The van der Waals surface area contributed by atoms with Crippen LogP contribution in [-0.4, -0.2) is 12.1 Å². The number of nitriles is 1. The molecule has 0 unspecified atom stereocenters. The van der Waals surface area contributed by atoms with Gasteiger partial charge >= 0.3 is 0 Å². The van der Waals surface area contributed by atoms with Crippen LogP contribution in [0.5, 0.6) is 5.75 Å². The number of aromatic nitrogens is 1. The number of ether oxygens (including phenoxy) is 1. The van der Waals surface area contributed by atoms with Crippen molar-refractivity contribution < 1.29 is 13.6 Å². The van der Waals surface area contributed by atoms with Gasteiger partial charge in [0.15, 0.2) is 5.82 Å². The van der Waals surface area contributed by atoms with Crippen molar-refractivity contribution in [3.05, 3.63) is 59.9 Å². The number of rotatable bonds is 7. The van der Waals surface area contributed by atoms with Crippen molar-refractivity contribution in [2.24, 2.45) is 0 Å². The summed E-state index contributed by atoms with van der Waals surface area (Å²) in [6, 6.07) is 11.1. The SMILES string of the molecule is COc1cc(NCc2ccco2)nc(NCc2ccco2)c1C#N. The molecule has 0 amide bonds. The van der Waals surface area contributed by atoms with E-state index >= 15 is 0 Å². The van der Waals surface area contributed by atoms with E-state index in [-0.39, 0.29) is 0 Å². The molecule has 0 aliphatic carbocycles. The van der Waals surface area contributed by atoms with Crippen LogP contribution in [0.4, 0.5) is 11.6 Å². The summed E-state index contributed by atoms with van der Waals surface area (Å²) >= 11 is 0. The molecule has 3 aromatic rings. The van der Waals surface area contributed by atoms with E-state index in [2.05, 4.69) is 21.7 Å². The van der Waals surface area contributed by atoms with E-state index in [1.807, 2.05) is 18.2 Å². The summed E-state index contributed by atoms with van der Waals surface area (Å²) in [6.45, 7) is 0.895. The van der Waals surface area contributed by atoms with Gasteiger partial charge in [-0.05, 0) is 24.3 Å². The van der Waals surface area contributed by atoms with E-state index in [4.69, 9.17) is 13.6 Å². The summed E-state index contributed by atoms with van der Waals surface area (Å²) in [5.74, 6) is 2.97. The Kier molecular flexibility index (Phi) is 4.68. The number of hydrogen-bond donors (Lipinski definition) is 2. The Bertz CT molecular complexity index is 820. The minimum absolute atomic E-state index is 0.340. The molecular formula is C17H16N4O3. The number of hydrogen-bond acceptors (Lipinski definition) is 7. The Morgan fingerprint density at radius 1 is 1.12 bits per heavy atom. The fourth-order valence-electron chi connectivity index (χ4n) is 2.18. The standard InChI is InChI=1S/C17H16N4O3/c1-22-15-8-16(19-10-12-4-2-6-23-12)21-17(14(15)9-18)20-11-13-5-3-7-24-13/h2-8H,10-11H2,1H3,(H2,19,20,21). The molecule has 2 N–H and O–H groups in total. The first kappa shape index (κ1) is 15.5. The van der Waals surface area contributed by atoms with Crippen LogP contribution < -0.4 is 15.4 Å². The van der Waals surface area contributed by atoms with Gasteiger partial charge in [-0.15, -0.1) is 0 Å². The maximum absolute atomic E-state index is 9.39. The molecule has 0 aromatic carbocycles. The summed E-state index contributed by atoms with van der Waals surface area (Å²) in [4.78, 5) is 4.44. The lowest BCUT2D eigenvalue weighted by Gasteiger charge is -2.13. The Morgan fingerprint density at radius 3 is 2.33 bits per heavy atom. The summed E-state index contributed by atoms with van der Waals surface area (Å²) in [5.41, 5.74) is 0.340. The lowest BCUT2D eigenvalue weighted by atomic mass is 10.2. The first-order valence-corrected chi connectivity index (χ1v) is 7.32. The molecule has 3 rings (SSSR count). The highest BCUT2D eigenvalue weighted by molar-refractivity contribution is 5.64. The monoisotopic (exact) mass is 324 g/mol. The van der Waals surface area contributed by atoms with E-state index in [9.17, 15) is 5.26 Å². The molecule has 24 heavy (non-hydrogen) atoms. The summed E-state index contributed by atoms with van der Waals surface area (Å²) < 4.78 is 15.9. The molecule has 0 fully saturated rings. The fraction of sp³-hybridized carbons (Fsp3) is 0.176. The second-order valence-corrected chi connectivity index (χ2v) is 4.91. The first-order valence-electron chi connectivity index (χ1n) is 7.32. The average molecular weight is 324 g/mol. The lowest BCUT2D eigenvalue weighted by Crippen LogP contribution is -2.08. The van der Waals surface area contributed by atoms with Crippen molar-refractivity contribution in [3.63, 3.8) is 0 Å². The maximum Gasteiger partial charge on any atom is 0.150 e. The van der Waals surface area contributed by atoms with Crippen molar-refractivity contribution in [1.82, 2.24) is 4.98 Å². The van der Waals surface area contributed by atoms with Gasteiger partial charge in [0, 0.05) is 6.07 Å². The number of methoxy groups -OCH3 is 1. The van der Waals surface area contributed by atoms with Gasteiger partial charge in [0.1, 0.15) is 34.7 Å². The topological polar surface area (TPSA) is 96.2 Å². The number of nitrogens with zero attached hydrogens (tertiary/aromatic N) is 2. The van der Waals surface area contributed by atoms with Gasteiger partial charge in [-0.3, -0.25) is 0 Å². The summed E-state index contributed by atoms with van der Waals surface area (Å²) in [5, 5.41) is 15.6. The van der Waals surface area contributed by atoms with Gasteiger partial charge in [0.2, 0.25) is 0 Å².